The zero-order chi connectivity index (χ0) is 10.9. The number of carbonyl (C=O) groups excluding carboxylic acids is 1. The van der Waals surface area contributed by atoms with Gasteiger partial charge in [-0.3, -0.25) is 4.79 Å². The van der Waals surface area contributed by atoms with Gasteiger partial charge in [-0.15, -0.1) is 0 Å². The van der Waals surface area contributed by atoms with Gasteiger partial charge in [-0.2, -0.15) is 0 Å². The summed E-state index contributed by atoms with van der Waals surface area (Å²) in [7, 11) is 0. The summed E-state index contributed by atoms with van der Waals surface area (Å²) in [5.74, 6) is -0.460. The SMILES string of the molecule is CC(=O)c1c(Cl)cc(Br)cc1C(F)F. The van der Waals surface area contributed by atoms with Crippen LogP contribution in [-0.4, -0.2) is 5.78 Å². The number of benzene rings is 1. The minimum absolute atomic E-state index is 0.0437. The Balaban J connectivity index is 3.44. The average Bonchev–Trinajstić information content (AvgIpc) is 2.01. The van der Waals surface area contributed by atoms with Crippen molar-refractivity contribution in [3.63, 3.8) is 0 Å². The molecule has 14 heavy (non-hydrogen) atoms. The maximum absolute atomic E-state index is 12.5. The second-order valence-corrected chi connectivity index (χ2v) is 4.03. The summed E-state index contributed by atoms with van der Waals surface area (Å²) in [4.78, 5) is 11.1. The molecule has 0 spiro atoms. The van der Waals surface area contributed by atoms with Crippen molar-refractivity contribution in [1.82, 2.24) is 0 Å². The van der Waals surface area contributed by atoms with Crippen LogP contribution in [0, 0.1) is 0 Å². The van der Waals surface area contributed by atoms with Crippen LogP contribution >= 0.6 is 27.5 Å². The predicted molar refractivity (Wildman–Crippen MR) is 54.1 cm³/mol. The molecule has 0 aliphatic heterocycles. The van der Waals surface area contributed by atoms with Gasteiger partial charge in [0.15, 0.2) is 5.78 Å². The largest absolute Gasteiger partial charge is 0.294 e. The van der Waals surface area contributed by atoms with E-state index in [9.17, 15) is 13.6 Å². The molecule has 0 radical (unpaired) electrons. The van der Waals surface area contributed by atoms with Crippen LogP contribution in [0.25, 0.3) is 0 Å². The smallest absolute Gasteiger partial charge is 0.264 e. The lowest BCUT2D eigenvalue weighted by molar-refractivity contribution is 0.0999. The highest BCUT2D eigenvalue weighted by atomic mass is 79.9. The van der Waals surface area contributed by atoms with Gasteiger partial charge in [0.25, 0.3) is 6.43 Å². The van der Waals surface area contributed by atoms with Gasteiger partial charge in [0.05, 0.1) is 5.02 Å². The Kier molecular flexibility index (Phi) is 3.61. The fourth-order valence-electron chi connectivity index (χ4n) is 1.14. The van der Waals surface area contributed by atoms with Gasteiger partial charge in [-0.05, 0) is 19.1 Å². The van der Waals surface area contributed by atoms with Crippen LogP contribution in [0.1, 0.15) is 29.3 Å². The zero-order valence-corrected chi connectivity index (χ0v) is 9.49. The fourth-order valence-corrected chi connectivity index (χ4v) is 2.10. The van der Waals surface area contributed by atoms with Crippen molar-refractivity contribution in [2.24, 2.45) is 0 Å². The minimum atomic E-state index is -2.70. The van der Waals surface area contributed by atoms with E-state index < -0.39 is 12.2 Å². The molecule has 0 saturated heterocycles. The molecule has 0 aliphatic rings. The number of halogens is 4. The van der Waals surface area contributed by atoms with Crippen LogP contribution in [0.4, 0.5) is 8.78 Å². The predicted octanol–water partition coefficient (Wildman–Crippen LogP) is 4.24. The van der Waals surface area contributed by atoms with Crippen molar-refractivity contribution < 1.29 is 13.6 Å². The number of hydrogen-bond donors (Lipinski definition) is 0. The number of hydrogen-bond acceptors (Lipinski definition) is 1. The van der Waals surface area contributed by atoms with E-state index in [1.807, 2.05) is 0 Å². The number of ketones is 1. The standard InChI is InChI=1S/C9H6BrClF2O/c1-4(14)8-6(9(12)13)2-5(10)3-7(8)11/h2-3,9H,1H3. The van der Waals surface area contributed by atoms with E-state index in [0.717, 1.165) is 0 Å². The highest BCUT2D eigenvalue weighted by molar-refractivity contribution is 9.10. The van der Waals surface area contributed by atoms with Gasteiger partial charge in [-0.1, -0.05) is 27.5 Å². The van der Waals surface area contributed by atoms with E-state index in [0.29, 0.717) is 4.47 Å². The maximum Gasteiger partial charge on any atom is 0.264 e. The average molecular weight is 283 g/mol. The van der Waals surface area contributed by atoms with Crippen molar-refractivity contribution in [3.8, 4) is 0 Å². The zero-order valence-electron chi connectivity index (χ0n) is 7.15. The molecule has 5 heteroatoms. The van der Waals surface area contributed by atoms with Crippen molar-refractivity contribution in [1.29, 1.82) is 0 Å². The van der Waals surface area contributed by atoms with Gasteiger partial charge < -0.3 is 0 Å². The van der Waals surface area contributed by atoms with E-state index in [4.69, 9.17) is 11.6 Å². The Bertz CT molecular complexity index is 379. The second kappa shape index (κ2) is 4.36. The van der Waals surface area contributed by atoms with E-state index in [-0.39, 0.29) is 16.1 Å². The summed E-state index contributed by atoms with van der Waals surface area (Å²) in [6.45, 7) is 1.21. The third-order valence-electron chi connectivity index (χ3n) is 1.67. The molecule has 0 amide bonds. The number of alkyl halides is 2. The normalized spacial score (nSPS) is 10.7. The van der Waals surface area contributed by atoms with Gasteiger partial charge in [0.1, 0.15) is 0 Å². The van der Waals surface area contributed by atoms with E-state index in [1.165, 1.54) is 19.1 Å². The molecule has 0 N–H and O–H groups in total. The first-order valence-corrected chi connectivity index (χ1v) is 4.88. The molecule has 0 heterocycles. The summed E-state index contributed by atoms with van der Waals surface area (Å²) in [5, 5.41) is 0.0437. The first kappa shape index (κ1) is 11.6. The molecule has 0 saturated carbocycles. The van der Waals surface area contributed by atoms with Crippen LogP contribution in [-0.2, 0) is 0 Å². The van der Waals surface area contributed by atoms with Gasteiger partial charge in [0, 0.05) is 15.6 Å². The van der Waals surface area contributed by atoms with Crippen molar-refractivity contribution in [3.05, 3.63) is 32.8 Å². The lowest BCUT2D eigenvalue weighted by Crippen LogP contribution is -2.01. The third-order valence-corrected chi connectivity index (χ3v) is 2.43. The summed E-state index contributed by atoms with van der Waals surface area (Å²) >= 11 is 8.73. The van der Waals surface area contributed by atoms with Crippen LogP contribution in [0.2, 0.25) is 5.02 Å². The number of Topliss-reactive ketones (excluding diaryl/α,β-unsaturated/α-hetero) is 1. The first-order valence-electron chi connectivity index (χ1n) is 3.71. The summed E-state index contributed by atoms with van der Waals surface area (Å²) < 4.78 is 25.5. The monoisotopic (exact) mass is 282 g/mol. The molecule has 0 unspecified atom stereocenters. The molecule has 76 valence electrons. The Morgan fingerprint density at radius 1 is 1.50 bits per heavy atom. The Hall–Kier alpha value is -0.480. The second-order valence-electron chi connectivity index (χ2n) is 2.71. The topological polar surface area (TPSA) is 17.1 Å². The molecular weight excluding hydrogens is 277 g/mol. The first-order chi connectivity index (χ1) is 6.43. The van der Waals surface area contributed by atoms with Crippen LogP contribution in [0.5, 0.6) is 0 Å². The molecule has 0 aliphatic carbocycles. The summed E-state index contributed by atoms with van der Waals surface area (Å²) in [6, 6.07) is 2.62. The van der Waals surface area contributed by atoms with Gasteiger partial charge in [0.2, 0.25) is 0 Å². The van der Waals surface area contributed by atoms with E-state index in [2.05, 4.69) is 15.9 Å². The van der Waals surface area contributed by atoms with E-state index >= 15 is 0 Å². The van der Waals surface area contributed by atoms with Crippen LogP contribution in [0.3, 0.4) is 0 Å². The third kappa shape index (κ3) is 2.30. The fraction of sp³-hybridized carbons (Fsp3) is 0.222. The molecule has 0 fully saturated rings. The van der Waals surface area contributed by atoms with E-state index in [1.54, 1.807) is 0 Å². The summed E-state index contributed by atoms with van der Waals surface area (Å²) in [5.41, 5.74) is -0.443. The molecular formula is C9H6BrClF2O. The quantitative estimate of drug-likeness (QED) is 0.742. The molecule has 1 nitrogen and oxygen atoms in total. The molecule has 1 aromatic carbocycles. The van der Waals surface area contributed by atoms with Crippen molar-refractivity contribution in [2.45, 2.75) is 13.3 Å². The lowest BCUT2D eigenvalue weighted by atomic mass is 10.0. The highest BCUT2D eigenvalue weighted by Crippen LogP contribution is 2.32. The van der Waals surface area contributed by atoms with Gasteiger partial charge >= 0.3 is 0 Å². The summed E-state index contributed by atoms with van der Waals surface area (Å²) in [6.07, 6.45) is -2.70. The molecule has 0 bridgehead atoms. The highest BCUT2D eigenvalue weighted by Gasteiger charge is 2.19. The molecule has 1 aromatic rings. The van der Waals surface area contributed by atoms with Gasteiger partial charge in [-0.25, -0.2) is 8.78 Å². The molecule has 1 rings (SSSR count). The van der Waals surface area contributed by atoms with Crippen molar-refractivity contribution in [2.75, 3.05) is 0 Å². The lowest BCUT2D eigenvalue weighted by Gasteiger charge is -2.08. The van der Waals surface area contributed by atoms with Crippen LogP contribution < -0.4 is 0 Å². The molecule has 0 atom stereocenters. The minimum Gasteiger partial charge on any atom is -0.294 e. The molecule has 0 aromatic heterocycles. The Labute approximate surface area is 93.2 Å². The van der Waals surface area contributed by atoms with Crippen LogP contribution in [0.15, 0.2) is 16.6 Å². The van der Waals surface area contributed by atoms with Crippen molar-refractivity contribution >= 4 is 33.3 Å². The Morgan fingerprint density at radius 2 is 2.07 bits per heavy atom. The number of carbonyl (C=O) groups is 1. The number of rotatable bonds is 2. The Morgan fingerprint density at radius 3 is 2.50 bits per heavy atom. The maximum atomic E-state index is 12.5.